The molecule has 0 spiro atoms. The highest BCUT2D eigenvalue weighted by Gasteiger charge is 2.12. The van der Waals surface area contributed by atoms with Crippen LogP contribution in [0.3, 0.4) is 0 Å². The first-order valence-electron chi connectivity index (χ1n) is 7.60. The van der Waals surface area contributed by atoms with Crippen molar-refractivity contribution in [2.45, 2.75) is 38.5 Å². The summed E-state index contributed by atoms with van der Waals surface area (Å²) in [6, 6.07) is 6.92. The summed E-state index contributed by atoms with van der Waals surface area (Å²) in [7, 11) is -3.12. The van der Waals surface area contributed by atoms with E-state index >= 15 is 0 Å². The van der Waals surface area contributed by atoms with E-state index in [4.69, 9.17) is 4.74 Å². The molecule has 0 unspecified atom stereocenters. The van der Waals surface area contributed by atoms with E-state index in [1.807, 2.05) is 6.92 Å². The molecule has 5 heteroatoms. The number of hydrogen-bond acceptors (Lipinski definition) is 4. The number of sulfone groups is 1. The van der Waals surface area contributed by atoms with Gasteiger partial charge in [0.1, 0.15) is 0 Å². The van der Waals surface area contributed by atoms with Crippen LogP contribution in [0.1, 0.15) is 33.6 Å². The van der Waals surface area contributed by atoms with Crippen LogP contribution in [0.25, 0.3) is 0 Å². The van der Waals surface area contributed by atoms with E-state index in [2.05, 4.69) is 19.2 Å². The fraction of sp³-hybridized carbons (Fsp3) is 0.625. The van der Waals surface area contributed by atoms with Crippen LogP contribution in [0.5, 0.6) is 0 Å². The third kappa shape index (κ3) is 6.96. The Balaban J connectivity index is 2.35. The van der Waals surface area contributed by atoms with Gasteiger partial charge < -0.3 is 10.1 Å². The molecule has 0 radical (unpaired) electrons. The summed E-state index contributed by atoms with van der Waals surface area (Å²) in [6.07, 6.45) is 1.71. The van der Waals surface area contributed by atoms with Gasteiger partial charge in [-0.25, -0.2) is 8.42 Å². The van der Waals surface area contributed by atoms with Gasteiger partial charge in [0.2, 0.25) is 0 Å². The Labute approximate surface area is 128 Å². The Hall–Kier alpha value is -1.07. The van der Waals surface area contributed by atoms with Gasteiger partial charge in [-0.3, -0.25) is 0 Å². The van der Waals surface area contributed by atoms with Gasteiger partial charge in [0.15, 0.2) is 9.84 Å². The molecule has 0 bridgehead atoms. The van der Waals surface area contributed by atoms with Crippen molar-refractivity contribution in [3.05, 3.63) is 24.3 Å². The van der Waals surface area contributed by atoms with Gasteiger partial charge in [-0.2, -0.15) is 0 Å². The summed E-state index contributed by atoms with van der Waals surface area (Å²) in [5.74, 6) is 0.860. The second-order valence-electron chi connectivity index (χ2n) is 5.56. The Morgan fingerprint density at radius 2 is 1.81 bits per heavy atom. The molecule has 0 aliphatic carbocycles. The van der Waals surface area contributed by atoms with Gasteiger partial charge in [-0.05, 0) is 43.0 Å². The predicted molar refractivity (Wildman–Crippen MR) is 87.5 cm³/mol. The zero-order valence-corrected chi connectivity index (χ0v) is 14.1. The van der Waals surface area contributed by atoms with Crippen molar-refractivity contribution >= 4 is 15.5 Å². The molecule has 0 aliphatic rings. The topological polar surface area (TPSA) is 55.4 Å². The van der Waals surface area contributed by atoms with E-state index < -0.39 is 9.84 Å². The SMILES string of the molecule is CCCS(=O)(=O)c1ccc(NCCOCCC(C)C)cc1. The Morgan fingerprint density at radius 3 is 2.38 bits per heavy atom. The lowest BCUT2D eigenvalue weighted by Gasteiger charge is -2.09. The van der Waals surface area contributed by atoms with Crippen molar-refractivity contribution in [1.29, 1.82) is 0 Å². The van der Waals surface area contributed by atoms with Gasteiger partial charge >= 0.3 is 0 Å². The van der Waals surface area contributed by atoms with Crippen LogP contribution in [0.2, 0.25) is 0 Å². The first kappa shape index (κ1) is 18.0. The molecule has 0 atom stereocenters. The minimum atomic E-state index is -3.12. The van der Waals surface area contributed by atoms with Crippen LogP contribution in [-0.2, 0) is 14.6 Å². The standard InChI is InChI=1S/C16H27NO3S/c1-4-13-21(18,19)16-7-5-15(6-8-16)17-10-12-20-11-9-14(2)3/h5-8,14,17H,4,9-13H2,1-3H3. The van der Waals surface area contributed by atoms with Crippen molar-refractivity contribution in [3.63, 3.8) is 0 Å². The highest BCUT2D eigenvalue weighted by Crippen LogP contribution is 2.15. The number of benzene rings is 1. The van der Waals surface area contributed by atoms with Gasteiger partial charge in [-0.1, -0.05) is 20.8 Å². The molecule has 120 valence electrons. The average Bonchev–Trinajstić information content (AvgIpc) is 2.43. The molecule has 0 fully saturated rings. The Morgan fingerprint density at radius 1 is 1.14 bits per heavy atom. The van der Waals surface area contributed by atoms with Gasteiger partial charge in [0.25, 0.3) is 0 Å². The fourth-order valence-electron chi connectivity index (χ4n) is 1.86. The zero-order chi connectivity index (χ0) is 15.7. The van der Waals surface area contributed by atoms with E-state index in [1.54, 1.807) is 24.3 Å². The van der Waals surface area contributed by atoms with E-state index in [-0.39, 0.29) is 5.75 Å². The second kappa shape index (κ2) is 9.05. The second-order valence-corrected chi connectivity index (χ2v) is 7.67. The number of hydrogen-bond donors (Lipinski definition) is 1. The van der Waals surface area contributed by atoms with Gasteiger partial charge in [0, 0.05) is 18.8 Å². The fourth-order valence-corrected chi connectivity index (χ4v) is 3.18. The van der Waals surface area contributed by atoms with E-state index in [1.165, 1.54) is 0 Å². The highest BCUT2D eigenvalue weighted by atomic mass is 32.2. The van der Waals surface area contributed by atoms with Crippen molar-refractivity contribution in [1.82, 2.24) is 0 Å². The zero-order valence-electron chi connectivity index (χ0n) is 13.3. The lowest BCUT2D eigenvalue weighted by molar-refractivity contribution is 0.132. The summed E-state index contributed by atoms with van der Waals surface area (Å²) in [5.41, 5.74) is 0.915. The van der Waals surface area contributed by atoms with E-state index in [0.717, 1.165) is 25.3 Å². The summed E-state index contributed by atoms with van der Waals surface area (Å²) < 4.78 is 29.3. The molecule has 0 aromatic heterocycles. The lowest BCUT2D eigenvalue weighted by atomic mass is 10.1. The summed E-state index contributed by atoms with van der Waals surface area (Å²) in [6.45, 7) is 8.38. The lowest BCUT2D eigenvalue weighted by Crippen LogP contribution is -2.11. The molecule has 0 amide bonds. The largest absolute Gasteiger partial charge is 0.383 e. The number of ether oxygens (including phenoxy) is 1. The maximum absolute atomic E-state index is 11.9. The summed E-state index contributed by atoms with van der Waals surface area (Å²) in [4.78, 5) is 0.392. The van der Waals surface area contributed by atoms with Crippen LogP contribution < -0.4 is 5.32 Å². The molecule has 0 saturated carbocycles. The predicted octanol–water partition coefficient (Wildman–Crippen LogP) is 3.34. The quantitative estimate of drug-likeness (QED) is 0.673. The Bertz CT molecular complexity index is 495. The first-order chi connectivity index (χ1) is 9.95. The molecule has 1 rings (SSSR count). The van der Waals surface area contributed by atoms with Crippen molar-refractivity contribution < 1.29 is 13.2 Å². The highest BCUT2D eigenvalue weighted by molar-refractivity contribution is 7.91. The van der Waals surface area contributed by atoms with E-state index in [0.29, 0.717) is 23.8 Å². The minimum absolute atomic E-state index is 0.198. The molecule has 21 heavy (non-hydrogen) atoms. The van der Waals surface area contributed by atoms with Crippen LogP contribution >= 0.6 is 0 Å². The van der Waals surface area contributed by atoms with Crippen molar-refractivity contribution in [2.75, 3.05) is 30.8 Å². The average molecular weight is 313 g/mol. The molecule has 1 aromatic rings. The smallest absolute Gasteiger partial charge is 0.178 e. The first-order valence-corrected chi connectivity index (χ1v) is 9.25. The van der Waals surface area contributed by atoms with Gasteiger partial charge in [0.05, 0.1) is 17.3 Å². The van der Waals surface area contributed by atoms with Crippen LogP contribution in [0.4, 0.5) is 5.69 Å². The molecule has 0 heterocycles. The monoisotopic (exact) mass is 313 g/mol. The van der Waals surface area contributed by atoms with Crippen LogP contribution in [0, 0.1) is 5.92 Å². The van der Waals surface area contributed by atoms with E-state index in [9.17, 15) is 8.42 Å². The normalized spacial score (nSPS) is 11.8. The van der Waals surface area contributed by atoms with Gasteiger partial charge in [-0.15, -0.1) is 0 Å². The third-order valence-corrected chi connectivity index (χ3v) is 5.04. The third-order valence-electron chi connectivity index (χ3n) is 3.10. The molecule has 1 aromatic carbocycles. The number of rotatable bonds is 10. The molecule has 1 N–H and O–H groups in total. The van der Waals surface area contributed by atoms with Crippen LogP contribution in [0.15, 0.2) is 29.2 Å². The van der Waals surface area contributed by atoms with Crippen LogP contribution in [-0.4, -0.2) is 33.9 Å². The Kier molecular flexibility index (Phi) is 7.75. The maximum Gasteiger partial charge on any atom is 0.178 e. The molecular formula is C16H27NO3S. The number of nitrogens with one attached hydrogen (secondary N) is 1. The van der Waals surface area contributed by atoms with Crippen molar-refractivity contribution in [3.8, 4) is 0 Å². The number of anilines is 1. The van der Waals surface area contributed by atoms with Crippen molar-refractivity contribution in [2.24, 2.45) is 5.92 Å². The summed E-state index contributed by atoms with van der Waals surface area (Å²) >= 11 is 0. The summed E-state index contributed by atoms with van der Waals surface area (Å²) in [5, 5.41) is 3.22. The molecule has 0 saturated heterocycles. The molecular weight excluding hydrogens is 286 g/mol. The molecule has 4 nitrogen and oxygen atoms in total. The maximum atomic E-state index is 11.9. The molecule has 0 aliphatic heterocycles. The minimum Gasteiger partial charge on any atom is -0.383 e.